The molecule has 1 fully saturated rings. The molecule has 4 rings (SSSR count). The van der Waals surface area contributed by atoms with Crippen LogP contribution in [0.2, 0.25) is 5.02 Å². The van der Waals surface area contributed by atoms with E-state index in [1.165, 1.54) is 37.7 Å². The number of amides is 2. The van der Waals surface area contributed by atoms with Gasteiger partial charge >= 0.3 is 6.03 Å². The van der Waals surface area contributed by atoms with Crippen LogP contribution in [0.25, 0.3) is 11.0 Å². The fourth-order valence-electron chi connectivity index (χ4n) is 3.60. The second-order valence-corrected chi connectivity index (χ2v) is 7.73. The van der Waals surface area contributed by atoms with Crippen molar-refractivity contribution in [2.24, 2.45) is 0 Å². The number of halogens is 3. The van der Waals surface area contributed by atoms with Gasteiger partial charge in [0.2, 0.25) is 0 Å². The summed E-state index contributed by atoms with van der Waals surface area (Å²) in [5, 5.41) is 5.88. The van der Waals surface area contributed by atoms with Crippen molar-refractivity contribution in [3.63, 3.8) is 0 Å². The Kier molecular flexibility index (Phi) is 6.53. The highest BCUT2D eigenvalue weighted by molar-refractivity contribution is 6.36. The lowest BCUT2D eigenvalue weighted by Crippen LogP contribution is -2.39. The van der Waals surface area contributed by atoms with Crippen LogP contribution in [0.3, 0.4) is 0 Å². The van der Waals surface area contributed by atoms with E-state index in [0.29, 0.717) is 22.6 Å². The summed E-state index contributed by atoms with van der Waals surface area (Å²) in [6.07, 6.45) is 6.52. The number of H-pyrrole nitrogens is 1. The number of likely N-dealkylation sites (tertiary alicyclic amines) is 1. The number of hydrogen-bond acceptors (Lipinski definition) is 4. The number of carbonyl (C=O) groups excluding carboxylic acids is 1. The van der Waals surface area contributed by atoms with Crippen LogP contribution in [0.1, 0.15) is 19.3 Å². The average molecular weight is 450 g/mol. The molecule has 10 heteroatoms. The van der Waals surface area contributed by atoms with Gasteiger partial charge in [0, 0.05) is 43.3 Å². The van der Waals surface area contributed by atoms with Gasteiger partial charge in [-0.05, 0) is 32.0 Å². The summed E-state index contributed by atoms with van der Waals surface area (Å²) in [7, 11) is 0. The molecule has 3 aromatic rings. The first-order valence-electron chi connectivity index (χ1n) is 10.1. The summed E-state index contributed by atoms with van der Waals surface area (Å²) >= 11 is 6.10. The maximum absolute atomic E-state index is 14.6. The maximum atomic E-state index is 14.6. The van der Waals surface area contributed by atoms with Crippen LogP contribution in [-0.4, -0.2) is 47.1 Å². The van der Waals surface area contributed by atoms with Gasteiger partial charge in [-0.3, -0.25) is 0 Å². The van der Waals surface area contributed by atoms with Crippen molar-refractivity contribution >= 4 is 34.4 Å². The first kappa shape index (κ1) is 21.3. The highest BCUT2D eigenvalue weighted by Gasteiger charge is 2.18. The molecule has 2 amide bonds. The number of pyridine rings is 1. The fraction of sp³-hybridized carbons (Fsp3) is 0.333. The Bertz CT molecular complexity index is 1060. The number of piperidine rings is 1. The van der Waals surface area contributed by atoms with Crippen LogP contribution < -0.4 is 15.4 Å². The molecule has 1 aliphatic rings. The Morgan fingerprint density at radius 2 is 1.97 bits per heavy atom. The van der Waals surface area contributed by atoms with Crippen LogP contribution in [0.5, 0.6) is 11.5 Å². The number of fused-ring (bicyclic) bond motifs is 1. The third kappa shape index (κ3) is 5.05. The first-order chi connectivity index (χ1) is 15.0. The van der Waals surface area contributed by atoms with E-state index >= 15 is 0 Å². The smallest absolute Gasteiger partial charge is 0.319 e. The Labute approximate surface area is 182 Å². The summed E-state index contributed by atoms with van der Waals surface area (Å²) in [6, 6.07) is 2.93. The van der Waals surface area contributed by atoms with Gasteiger partial charge in [0.1, 0.15) is 11.4 Å². The van der Waals surface area contributed by atoms with Gasteiger partial charge in [0.25, 0.3) is 0 Å². The SMILES string of the molecule is O=C(NCCN1CCCCC1)Nc1cc(F)c(Oc2ccnc3[nH]cc(Cl)c23)c(F)c1. The van der Waals surface area contributed by atoms with Gasteiger partial charge in [-0.25, -0.2) is 18.6 Å². The van der Waals surface area contributed by atoms with Crippen molar-refractivity contribution in [3.8, 4) is 11.5 Å². The molecule has 164 valence electrons. The van der Waals surface area contributed by atoms with Crippen molar-refractivity contribution in [3.05, 3.63) is 47.2 Å². The van der Waals surface area contributed by atoms with Crippen LogP contribution in [0.15, 0.2) is 30.6 Å². The number of rotatable bonds is 6. The van der Waals surface area contributed by atoms with Crippen molar-refractivity contribution < 1.29 is 18.3 Å². The van der Waals surface area contributed by atoms with Crippen molar-refractivity contribution in [1.29, 1.82) is 0 Å². The number of aromatic amines is 1. The molecule has 1 saturated heterocycles. The predicted molar refractivity (Wildman–Crippen MR) is 115 cm³/mol. The highest BCUT2D eigenvalue weighted by atomic mass is 35.5. The Balaban J connectivity index is 1.40. The third-order valence-corrected chi connectivity index (χ3v) is 5.42. The molecule has 7 nitrogen and oxygen atoms in total. The summed E-state index contributed by atoms with van der Waals surface area (Å²) in [5.41, 5.74) is 0.417. The molecular formula is C21H22ClF2N5O2. The van der Waals surface area contributed by atoms with Crippen molar-refractivity contribution in [2.75, 3.05) is 31.5 Å². The zero-order valence-corrected chi connectivity index (χ0v) is 17.4. The normalized spacial score (nSPS) is 14.5. The fourth-order valence-corrected chi connectivity index (χ4v) is 3.84. The minimum absolute atomic E-state index is 0.0163. The zero-order valence-electron chi connectivity index (χ0n) is 16.7. The molecule has 1 aliphatic heterocycles. The standard InChI is InChI=1S/C21H22ClF2N5O2/c22-14-12-27-20-18(14)17(4-5-25-20)31-19-15(23)10-13(11-16(19)24)28-21(30)26-6-9-29-7-2-1-3-8-29/h4-5,10-12H,1-3,6-9H2,(H,25,27)(H2,26,28,30). The van der Waals surface area contributed by atoms with Gasteiger partial charge in [-0.2, -0.15) is 0 Å². The van der Waals surface area contributed by atoms with E-state index in [4.69, 9.17) is 16.3 Å². The van der Waals surface area contributed by atoms with Gasteiger partial charge < -0.3 is 25.3 Å². The average Bonchev–Trinajstić information content (AvgIpc) is 3.13. The Hall–Kier alpha value is -2.91. The van der Waals surface area contributed by atoms with E-state index in [1.54, 1.807) is 0 Å². The maximum Gasteiger partial charge on any atom is 0.319 e. The second kappa shape index (κ2) is 9.49. The molecule has 0 radical (unpaired) electrons. The molecule has 0 spiro atoms. The van der Waals surface area contributed by atoms with Crippen molar-refractivity contribution in [1.82, 2.24) is 20.2 Å². The topological polar surface area (TPSA) is 82.3 Å². The molecule has 0 unspecified atom stereocenters. The molecule has 0 atom stereocenters. The van der Waals surface area contributed by atoms with Crippen LogP contribution >= 0.6 is 11.6 Å². The summed E-state index contributed by atoms with van der Waals surface area (Å²) < 4.78 is 34.6. The van der Waals surface area contributed by atoms with E-state index < -0.39 is 23.4 Å². The molecule has 3 N–H and O–H groups in total. The lowest BCUT2D eigenvalue weighted by atomic mass is 10.1. The molecule has 0 saturated carbocycles. The number of ether oxygens (including phenoxy) is 1. The van der Waals surface area contributed by atoms with E-state index in [1.807, 2.05) is 0 Å². The van der Waals surface area contributed by atoms with E-state index in [0.717, 1.165) is 31.8 Å². The first-order valence-corrected chi connectivity index (χ1v) is 10.4. The number of anilines is 1. The summed E-state index contributed by atoms with van der Waals surface area (Å²) in [4.78, 5) is 21.3. The number of aromatic nitrogens is 2. The Morgan fingerprint density at radius 1 is 1.23 bits per heavy atom. The van der Waals surface area contributed by atoms with Crippen LogP contribution in [0, 0.1) is 11.6 Å². The number of carbonyl (C=O) groups is 1. The number of benzene rings is 1. The number of hydrogen-bond donors (Lipinski definition) is 3. The van der Waals surface area contributed by atoms with Gasteiger partial charge in [0.15, 0.2) is 17.4 Å². The monoisotopic (exact) mass is 449 g/mol. The van der Waals surface area contributed by atoms with Gasteiger partial charge in [0.05, 0.1) is 10.4 Å². The lowest BCUT2D eigenvalue weighted by Gasteiger charge is -2.26. The molecule has 1 aromatic carbocycles. The number of urea groups is 1. The quantitative estimate of drug-likeness (QED) is 0.500. The minimum Gasteiger partial charge on any atom is -0.450 e. The molecule has 2 aromatic heterocycles. The van der Waals surface area contributed by atoms with E-state index in [-0.39, 0.29) is 11.4 Å². The zero-order chi connectivity index (χ0) is 21.8. The summed E-state index contributed by atoms with van der Waals surface area (Å²) in [6.45, 7) is 3.25. The van der Waals surface area contributed by atoms with Crippen molar-refractivity contribution in [2.45, 2.75) is 19.3 Å². The van der Waals surface area contributed by atoms with Crippen LogP contribution in [-0.2, 0) is 0 Å². The molecule has 3 heterocycles. The largest absolute Gasteiger partial charge is 0.450 e. The highest BCUT2D eigenvalue weighted by Crippen LogP contribution is 2.36. The molecule has 0 aliphatic carbocycles. The third-order valence-electron chi connectivity index (χ3n) is 5.12. The number of nitrogens with one attached hydrogen (secondary N) is 3. The van der Waals surface area contributed by atoms with Crippen LogP contribution in [0.4, 0.5) is 19.3 Å². The molecule has 0 bridgehead atoms. The molecular weight excluding hydrogens is 428 g/mol. The van der Waals surface area contributed by atoms with Gasteiger partial charge in [-0.1, -0.05) is 18.0 Å². The number of nitrogens with zero attached hydrogens (tertiary/aromatic N) is 2. The second-order valence-electron chi connectivity index (χ2n) is 7.32. The predicted octanol–water partition coefficient (Wildman–Crippen LogP) is 4.89. The molecule has 31 heavy (non-hydrogen) atoms. The summed E-state index contributed by atoms with van der Waals surface area (Å²) in [5.74, 6) is -2.36. The minimum atomic E-state index is -0.958. The lowest BCUT2D eigenvalue weighted by molar-refractivity contribution is 0.224. The van der Waals surface area contributed by atoms with Gasteiger partial charge in [-0.15, -0.1) is 0 Å². The Morgan fingerprint density at radius 3 is 2.71 bits per heavy atom. The van der Waals surface area contributed by atoms with E-state index in [2.05, 4.69) is 25.5 Å². The van der Waals surface area contributed by atoms with E-state index in [9.17, 15) is 13.6 Å².